The van der Waals surface area contributed by atoms with Crippen molar-refractivity contribution in [3.63, 3.8) is 0 Å². The average Bonchev–Trinajstić information content (AvgIpc) is 3.06. The van der Waals surface area contributed by atoms with E-state index >= 15 is 0 Å². The summed E-state index contributed by atoms with van der Waals surface area (Å²) in [4.78, 5) is 27.8. The van der Waals surface area contributed by atoms with Crippen molar-refractivity contribution in [1.29, 1.82) is 0 Å². The minimum atomic E-state index is -0.166. The number of carbonyl (C=O) groups excluding carboxylic acids is 1. The van der Waals surface area contributed by atoms with Crippen LogP contribution < -0.4 is 20.4 Å². The first-order valence-corrected chi connectivity index (χ1v) is 12.4. The lowest BCUT2D eigenvalue weighted by atomic mass is 10.0. The normalized spacial score (nSPS) is 18.7. The molecular formula is C23H36N6OS. The number of hydrogen-bond acceptors (Lipinski definition) is 6. The van der Waals surface area contributed by atoms with Gasteiger partial charge in [0.1, 0.15) is 5.82 Å². The third kappa shape index (κ3) is 5.67. The number of nitrogens with one attached hydrogen (secondary N) is 2. The molecule has 2 amide bonds. The molecule has 2 N–H and O–H groups in total. The van der Waals surface area contributed by atoms with Gasteiger partial charge in [-0.3, -0.25) is 10.2 Å². The van der Waals surface area contributed by atoms with Gasteiger partial charge in [0.05, 0.1) is 11.4 Å². The van der Waals surface area contributed by atoms with E-state index in [-0.39, 0.29) is 6.03 Å². The van der Waals surface area contributed by atoms with Crippen molar-refractivity contribution in [2.45, 2.75) is 60.3 Å². The van der Waals surface area contributed by atoms with E-state index in [1.165, 1.54) is 24.2 Å². The van der Waals surface area contributed by atoms with Gasteiger partial charge >= 0.3 is 6.03 Å². The monoisotopic (exact) mass is 444 g/mol. The number of aromatic nitrogens is 2. The summed E-state index contributed by atoms with van der Waals surface area (Å²) < 4.78 is 0. The molecule has 1 fully saturated rings. The molecule has 2 aliphatic heterocycles. The fourth-order valence-electron chi connectivity index (χ4n) is 3.96. The molecule has 0 spiro atoms. The lowest BCUT2D eigenvalue weighted by Crippen LogP contribution is -2.39. The summed E-state index contributed by atoms with van der Waals surface area (Å²) in [5.41, 5.74) is 1.87. The fraction of sp³-hybridized carbons (Fsp3) is 0.609. The highest BCUT2D eigenvalue weighted by atomic mass is 32.1. The molecule has 170 valence electrons. The van der Waals surface area contributed by atoms with Gasteiger partial charge in [0.25, 0.3) is 0 Å². The minimum Gasteiger partial charge on any atom is -0.382 e. The first kappa shape index (κ1) is 23.3. The number of urea groups is 1. The molecule has 0 aliphatic carbocycles. The van der Waals surface area contributed by atoms with Gasteiger partial charge in [0.15, 0.2) is 10.9 Å². The van der Waals surface area contributed by atoms with Crippen molar-refractivity contribution in [2.24, 2.45) is 5.92 Å². The van der Waals surface area contributed by atoms with Gasteiger partial charge < -0.3 is 10.2 Å². The zero-order chi connectivity index (χ0) is 22.4. The zero-order valence-electron chi connectivity index (χ0n) is 19.5. The summed E-state index contributed by atoms with van der Waals surface area (Å²) in [6, 6.07) is 3.98. The number of rotatable bonds is 2. The van der Waals surface area contributed by atoms with Gasteiger partial charge in [0, 0.05) is 31.1 Å². The van der Waals surface area contributed by atoms with Crippen molar-refractivity contribution in [3.05, 3.63) is 22.7 Å². The van der Waals surface area contributed by atoms with E-state index in [9.17, 15) is 4.79 Å². The third-order valence-electron chi connectivity index (χ3n) is 5.71. The second kappa shape index (κ2) is 10.8. The van der Waals surface area contributed by atoms with Crippen LogP contribution in [-0.2, 0) is 0 Å². The molecule has 4 rings (SSSR count). The van der Waals surface area contributed by atoms with Crippen molar-refractivity contribution in [1.82, 2.24) is 9.97 Å². The van der Waals surface area contributed by atoms with Gasteiger partial charge in [-0.1, -0.05) is 20.8 Å². The van der Waals surface area contributed by atoms with E-state index in [1.807, 2.05) is 27.7 Å². The summed E-state index contributed by atoms with van der Waals surface area (Å²) >= 11 is 1.51. The van der Waals surface area contributed by atoms with Gasteiger partial charge in [-0.25, -0.2) is 14.8 Å². The molecule has 1 saturated heterocycles. The third-order valence-corrected chi connectivity index (χ3v) is 6.70. The topological polar surface area (TPSA) is 73.4 Å². The second-order valence-corrected chi connectivity index (χ2v) is 9.31. The predicted molar refractivity (Wildman–Crippen MR) is 132 cm³/mol. The number of hydrogen-bond donors (Lipinski definition) is 2. The summed E-state index contributed by atoms with van der Waals surface area (Å²) in [6.45, 7) is 13.9. The Bertz CT molecular complexity index is 863. The van der Waals surface area contributed by atoms with Crippen molar-refractivity contribution < 1.29 is 4.79 Å². The van der Waals surface area contributed by atoms with E-state index in [2.05, 4.69) is 39.6 Å². The maximum Gasteiger partial charge on any atom is 0.329 e. The molecule has 8 heteroatoms. The first-order valence-electron chi connectivity index (χ1n) is 11.5. The lowest BCUT2D eigenvalue weighted by Gasteiger charge is -2.33. The average molecular weight is 445 g/mol. The van der Waals surface area contributed by atoms with Crippen LogP contribution in [-0.4, -0.2) is 42.2 Å². The number of carbonyl (C=O) groups is 1. The maximum atomic E-state index is 13.2. The Morgan fingerprint density at radius 1 is 1.16 bits per heavy atom. The van der Waals surface area contributed by atoms with Gasteiger partial charge in [0.2, 0.25) is 0 Å². The number of anilines is 4. The fourth-order valence-corrected chi connectivity index (χ4v) is 4.77. The van der Waals surface area contributed by atoms with Gasteiger partial charge in [-0.05, 0) is 57.6 Å². The number of amides is 2. The van der Waals surface area contributed by atoms with Crippen molar-refractivity contribution in [3.8, 4) is 0 Å². The zero-order valence-corrected chi connectivity index (χ0v) is 20.3. The van der Waals surface area contributed by atoms with Crippen LogP contribution in [0.3, 0.4) is 0 Å². The Kier molecular flexibility index (Phi) is 8.12. The van der Waals surface area contributed by atoms with Crippen LogP contribution >= 0.6 is 11.3 Å². The van der Waals surface area contributed by atoms with Crippen molar-refractivity contribution in [2.75, 3.05) is 46.6 Å². The van der Waals surface area contributed by atoms with E-state index in [0.29, 0.717) is 23.4 Å². The molecule has 31 heavy (non-hydrogen) atoms. The second-order valence-electron chi connectivity index (χ2n) is 8.11. The molecule has 0 bridgehead atoms. The standard InChI is InChI=1S/C21H30N6OS.C2H6/c1-14-7-6-11-26(13-14)18-9-8-17-19(24-18)27(12-5-4-10-22-17)21(28)25-20-23-15(2)16(3)29-20;1-2/h8-9,14,22H,4-7,10-13H2,1-3H3,(H,23,25,28);1-2H3. The number of pyridine rings is 1. The summed E-state index contributed by atoms with van der Waals surface area (Å²) in [6.07, 6.45) is 4.40. The highest BCUT2D eigenvalue weighted by molar-refractivity contribution is 7.15. The van der Waals surface area contributed by atoms with E-state index in [1.54, 1.807) is 4.90 Å². The van der Waals surface area contributed by atoms with Crippen LogP contribution in [0.4, 0.5) is 27.2 Å². The Labute approximate surface area is 190 Å². The molecule has 0 aromatic carbocycles. The molecule has 4 heterocycles. The quantitative estimate of drug-likeness (QED) is 0.625. The van der Waals surface area contributed by atoms with Crippen LogP contribution in [0, 0.1) is 19.8 Å². The Balaban J connectivity index is 0.00000132. The number of nitrogens with zero attached hydrogens (tertiary/aromatic N) is 4. The Morgan fingerprint density at radius 2 is 1.97 bits per heavy atom. The Hall–Kier alpha value is -2.35. The maximum absolute atomic E-state index is 13.2. The molecule has 2 aliphatic rings. The molecular weight excluding hydrogens is 408 g/mol. The van der Waals surface area contributed by atoms with Crippen LogP contribution in [0.5, 0.6) is 0 Å². The van der Waals surface area contributed by atoms with Crippen LogP contribution in [0.25, 0.3) is 0 Å². The molecule has 2 aromatic heterocycles. The number of thiazole rings is 1. The number of piperidine rings is 1. The van der Waals surface area contributed by atoms with Crippen LogP contribution in [0.15, 0.2) is 12.1 Å². The first-order chi connectivity index (χ1) is 15.0. The summed E-state index contributed by atoms with van der Waals surface area (Å²) in [5, 5.41) is 7.07. The van der Waals surface area contributed by atoms with Crippen LogP contribution in [0.1, 0.15) is 57.0 Å². The van der Waals surface area contributed by atoms with Gasteiger partial charge in [-0.15, -0.1) is 11.3 Å². The minimum absolute atomic E-state index is 0.166. The van der Waals surface area contributed by atoms with E-state index in [4.69, 9.17) is 4.98 Å². The highest BCUT2D eigenvalue weighted by Crippen LogP contribution is 2.31. The van der Waals surface area contributed by atoms with Gasteiger partial charge in [-0.2, -0.15) is 0 Å². The highest BCUT2D eigenvalue weighted by Gasteiger charge is 2.25. The molecule has 0 radical (unpaired) electrons. The summed E-state index contributed by atoms with van der Waals surface area (Å²) in [5.74, 6) is 2.33. The van der Waals surface area contributed by atoms with E-state index < -0.39 is 0 Å². The molecule has 2 aromatic rings. The van der Waals surface area contributed by atoms with E-state index in [0.717, 1.165) is 54.6 Å². The molecule has 1 atom stereocenters. The number of aryl methyl sites for hydroxylation is 2. The largest absolute Gasteiger partial charge is 0.382 e. The molecule has 0 saturated carbocycles. The van der Waals surface area contributed by atoms with Crippen LogP contribution in [0.2, 0.25) is 0 Å². The Morgan fingerprint density at radius 3 is 2.68 bits per heavy atom. The number of fused-ring (bicyclic) bond motifs is 1. The lowest BCUT2D eigenvalue weighted by molar-refractivity contribution is 0.256. The van der Waals surface area contributed by atoms with Crippen molar-refractivity contribution >= 4 is 39.8 Å². The smallest absolute Gasteiger partial charge is 0.329 e. The SMILES string of the molecule is CC.Cc1nc(NC(=O)N2CCCCNc3ccc(N4CCCC(C)C4)nc32)sc1C. The summed E-state index contributed by atoms with van der Waals surface area (Å²) in [7, 11) is 0. The molecule has 7 nitrogen and oxygen atoms in total. The predicted octanol–water partition coefficient (Wildman–Crippen LogP) is 5.66. The molecule has 1 unspecified atom stereocenters.